The molecule has 0 aliphatic carbocycles. The van der Waals surface area contributed by atoms with E-state index in [9.17, 15) is 4.79 Å². The number of imidazole rings is 1. The molecule has 1 heterocycles. The molecule has 0 radical (unpaired) electrons. The molecule has 3 aromatic carbocycles. The lowest BCUT2D eigenvalue weighted by Gasteiger charge is -2.13. The molecule has 1 aromatic heterocycles. The third-order valence-electron chi connectivity index (χ3n) is 5.21. The monoisotopic (exact) mass is 369 g/mol. The summed E-state index contributed by atoms with van der Waals surface area (Å²) in [7, 11) is 3.65. The summed E-state index contributed by atoms with van der Waals surface area (Å²) < 4.78 is 2.09. The number of aromatic nitrogens is 2. The van der Waals surface area contributed by atoms with Gasteiger partial charge in [0.15, 0.2) is 0 Å². The van der Waals surface area contributed by atoms with Crippen molar-refractivity contribution in [2.75, 3.05) is 7.05 Å². The molecule has 0 fully saturated rings. The molecule has 0 atom stereocenters. The highest BCUT2D eigenvalue weighted by Gasteiger charge is 2.16. The third-order valence-corrected chi connectivity index (χ3v) is 5.21. The summed E-state index contributed by atoms with van der Waals surface area (Å²) in [5.74, 6) is 0.782. The highest BCUT2D eigenvalue weighted by Crippen LogP contribution is 2.35. The number of aryl methyl sites for hydroxylation is 3. The van der Waals surface area contributed by atoms with Crippen LogP contribution in [0.2, 0.25) is 0 Å². The Kier molecular flexibility index (Phi) is 4.47. The Labute approximate surface area is 164 Å². The van der Waals surface area contributed by atoms with E-state index in [1.54, 1.807) is 7.05 Å². The lowest BCUT2D eigenvalue weighted by Crippen LogP contribution is -2.17. The molecule has 0 bridgehead atoms. The van der Waals surface area contributed by atoms with E-state index >= 15 is 0 Å². The first-order valence-electron chi connectivity index (χ1n) is 9.35. The number of nitrogens with one attached hydrogen (secondary N) is 1. The number of nitrogens with zero attached hydrogens (tertiary/aromatic N) is 2. The van der Waals surface area contributed by atoms with Gasteiger partial charge in [-0.05, 0) is 48.7 Å². The van der Waals surface area contributed by atoms with Crippen molar-refractivity contribution < 1.29 is 4.79 Å². The molecule has 4 rings (SSSR count). The van der Waals surface area contributed by atoms with Crippen LogP contribution in [0.15, 0.2) is 60.7 Å². The maximum atomic E-state index is 12.0. The van der Waals surface area contributed by atoms with Crippen LogP contribution in [0.1, 0.15) is 21.5 Å². The Morgan fingerprint density at radius 2 is 1.68 bits per heavy atom. The Bertz CT molecular complexity index is 1200. The Balaban J connectivity index is 1.91. The third kappa shape index (κ3) is 2.97. The quantitative estimate of drug-likeness (QED) is 0.559. The fourth-order valence-electron chi connectivity index (χ4n) is 3.76. The second-order valence-corrected chi connectivity index (χ2v) is 7.14. The number of carbonyl (C=O) groups excluding carboxylic acids is 1. The van der Waals surface area contributed by atoms with Crippen LogP contribution in [-0.4, -0.2) is 22.5 Å². The van der Waals surface area contributed by atoms with E-state index in [1.807, 2.05) is 31.3 Å². The molecule has 0 saturated carbocycles. The van der Waals surface area contributed by atoms with E-state index in [-0.39, 0.29) is 5.91 Å². The van der Waals surface area contributed by atoms with Gasteiger partial charge in [0, 0.05) is 25.2 Å². The molecular weight excluding hydrogens is 346 g/mol. The molecule has 1 amide bonds. The molecule has 28 heavy (non-hydrogen) atoms. The molecule has 4 nitrogen and oxygen atoms in total. The molecule has 4 aromatic rings. The fraction of sp³-hybridized carbons (Fsp3) is 0.167. The van der Waals surface area contributed by atoms with Crippen LogP contribution >= 0.6 is 0 Å². The minimum Gasteiger partial charge on any atom is -0.355 e. The Morgan fingerprint density at radius 1 is 0.929 bits per heavy atom. The summed E-state index contributed by atoms with van der Waals surface area (Å²) in [4.78, 5) is 16.9. The summed E-state index contributed by atoms with van der Waals surface area (Å²) in [5.41, 5.74) is 8.37. The predicted molar refractivity (Wildman–Crippen MR) is 114 cm³/mol. The molecule has 0 spiro atoms. The van der Waals surface area contributed by atoms with Gasteiger partial charge < -0.3 is 9.88 Å². The van der Waals surface area contributed by atoms with E-state index in [1.165, 1.54) is 16.7 Å². The van der Waals surface area contributed by atoms with Crippen molar-refractivity contribution in [3.05, 3.63) is 77.4 Å². The van der Waals surface area contributed by atoms with E-state index in [0.29, 0.717) is 5.56 Å². The van der Waals surface area contributed by atoms with Crippen molar-refractivity contribution in [2.45, 2.75) is 13.8 Å². The number of benzene rings is 3. The van der Waals surface area contributed by atoms with Crippen LogP contribution in [0.3, 0.4) is 0 Å². The largest absolute Gasteiger partial charge is 0.355 e. The van der Waals surface area contributed by atoms with Gasteiger partial charge in [-0.15, -0.1) is 0 Å². The highest BCUT2D eigenvalue weighted by molar-refractivity contribution is 5.98. The summed E-state index contributed by atoms with van der Waals surface area (Å²) in [6.45, 7) is 4.25. The van der Waals surface area contributed by atoms with Crippen LogP contribution in [0.5, 0.6) is 0 Å². The summed E-state index contributed by atoms with van der Waals surface area (Å²) in [6, 6.07) is 20.5. The van der Waals surface area contributed by atoms with Gasteiger partial charge in [0.2, 0.25) is 0 Å². The smallest absolute Gasteiger partial charge is 0.251 e. The predicted octanol–water partition coefficient (Wildman–Crippen LogP) is 4.88. The Hall–Kier alpha value is -3.40. The normalized spacial score (nSPS) is 11.0. The molecule has 0 saturated heterocycles. The highest BCUT2D eigenvalue weighted by atomic mass is 16.1. The number of amides is 1. The summed E-state index contributed by atoms with van der Waals surface area (Å²) in [6.07, 6.45) is 0. The first kappa shape index (κ1) is 18.0. The molecule has 0 aliphatic rings. The molecular formula is C24H23N3O. The zero-order valence-corrected chi connectivity index (χ0v) is 16.6. The van der Waals surface area contributed by atoms with Crippen molar-refractivity contribution in [1.82, 2.24) is 14.9 Å². The summed E-state index contributed by atoms with van der Waals surface area (Å²) in [5, 5.41) is 2.67. The van der Waals surface area contributed by atoms with Gasteiger partial charge in [-0.3, -0.25) is 4.79 Å². The molecule has 0 aliphatic heterocycles. The second kappa shape index (κ2) is 6.97. The van der Waals surface area contributed by atoms with E-state index < -0.39 is 0 Å². The van der Waals surface area contributed by atoms with Crippen LogP contribution in [0.4, 0.5) is 0 Å². The minimum atomic E-state index is -0.107. The lowest BCUT2D eigenvalue weighted by atomic mass is 9.94. The summed E-state index contributed by atoms with van der Waals surface area (Å²) >= 11 is 0. The minimum absolute atomic E-state index is 0.107. The average Bonchev–Trinajstić information content (AvgIpc) is 3.03. The standard InChI is InChI=1S/C24H23N3O/c1-15-9-11-18(16(2)13-15)19-7-5-6-8-20(19)23-26-21-14-17(24(28)25-3)10-12-22(21)27(23)4/h5-14H,1-4H3,(H,25,28). The van der Waals surface area contributed by atoms with Crippen LogP contribution in [0, 0.1) is 13.8 Å². The van der Waals surface area contributed by atoms with Gasteiger partial charge in [-0.25, -0.2) is 4.98 Å². The number of rotatable bonds is 3. The van der Waals surface area contributed by atoms with Crippen molar-refractivity contribution in [1.29, 1.82) is 0 Å². The van der Waals surface area contributed by atoms with E-state index in [2.05, 4.69) is 60.1 Å². The van der Waals surface area contributed by atoms with Gasteiger partial charge in [-0.1, -0.05) is 48.0 Å². The van der Waals surface area contributed by atoms with Gasteiger partial charge in [0.1, 0.15) is 5.82 Å². The zero-order valence-electron chi connectivity index (χ0n) is 16.6. The lowest BCUT2D eigenvalue weighted by molar-refractivity contribution is 0.0963. The molecule has 140 valence electrons. The Morgan fingerprint density at radius 3 is 2.39 bits per heavy atom. The second-order valence-electron chi connectivity index (χ2n) is 7.14. The van der Waals surface area contributed by atoms with Gasteiger partial charge in [-0.2, -0.15) is 0 Å². The van der Waals surface area contributed by atoms with E-state index in [0.717, 1.165) is 28.0 Å². The zero-order chi connectivity index (χ0) is 19.8. The molecule has 1 N–H and O–H groups in total. The van der Waals surface area contributed by atoms with Crippen molar-refractivity contribution in [3.63, 3.8) is 0 Å². The van der Waals surface area contributed by atoms with Crippen molar-refractivity contribution in [2.24, 2.45) is 7.05 Å². The first-order chi connectivity index (χ1) is 13.5. The number of carbonyl (C=O) groups is 1. The van der Waals surface area contributed by atoms with Gasteiger partial charge in [0.25, 0.3) is 5.91 Å². The fourth-order valence-corrected chi connectivity index (χ4v) is 3.76. The topological polar surface area (TPSA) is 46.9 Å². The average molecular weight is 369 g/mol. The van der Waals surface area contributed by atoms with Gasteiger partial charge in [0.05, 0.1) is 11.0 Å². The van der Waals surface area contributed by atoms with Gasteiger partial charge >= 0.3 is 0 Å². The van der Waals surface area contributed by atoms with Crippen molar-refractivity contribution in [3.8, 4) is 22.5 Å². The van der Waals surface area contributed by atoms with Crippen molar-refractivity contribution >= 4 is 16.9 Å². The first-order valence-corrected chi connectivity index (χ1v) is 9.35. The van der Waals surface area contributed by atoms with Crippen LogP contribution < -0.4 is 5.32 Å². The number of hydrogen-bond donors (Lipinski definition) is 1. The van der Waals surface area contributed by atoms with E-state index in [4.69, 9.17) is 4.98 Å². The maximum absolute atomic E-state index is 12.0. The van der Waals surface area contributed by atoms with Crippen LogP contribution in [0.25, 0.3) is 33.5 Å². The van der Waals surface area contributed by atoms with Crippen LogP contribution in [-0.2, 0) is 7.05 Å². The molecule has 4 heteroatoms. The number of fused-ring (bicyclic) bond motifs is 1. The maximum Gasteiger partial charge on any atom is 0.251 e. The molecule has 0 unspecified atom stereocenters. The number of hydrogen-bond acceptors (Lipinski definition) is 2. The SMILES string of the molecule is CNC(=O)c1ccc2c(c1)nc(-c1ccccc1-c1ccc(C)cc1C)n2C.